The van der Waals surface area contributed by atoms with Crippen molar-refractivity contribution in [2.45, 2.75) is 17.9 Å². The number of carbonyl (C=O) groups excluding carboxylic acids is 2. The van der Waals surface area contributed by atoms with Crippen LogP contribution in [0.4, 0.5) is 5.69 Å². The van der Waals surface area contributed by atoms with E-state index in [1.807, 2.05) is 29.2 Å². The van der Waals surface area contributed by atoms with Crippen molar-refractivity contribution < 1.29 is 9.59 Å². The lowest BCUT2D eigenvalue weighted by atomic mass is 10.1. The van der Waals surface area contributed by atoms with Gasteiger partial charge in [0.1, 0.15) is 0 Å². The van der Waals surface area contributed by atoms with Crippen LogP contribution in [0.25, 0.3) is 0 Å². The van der Waals surface area contributed by atoms with Crippen molar-refractivity contribution in [1.82, 2.24) is 9.80 Å². The number of anilines is 1. The van der Waals surface area contributed by atoms with Gasteiger partial charge in [0.05, 0.1) is 11.4 Å². The largest absolute Gasteiger partial charge is 0.337 e. The lowest BCUT2D eigenvalue weighted by Gasteiger charge is -2.23. The van der Waals surface area contributed by atoms with E-state index in [0.717, 1.165) is 49.7 Å². The molecule has 2 aromatic rings. The summed E-state index contributed by atoms with van der Waals surface area (Å²) in [6, 6.07) is 16.1. The van der Waals surface area contributed by atoms with Crippen LogP contribution >= 0.6 is 11.8 Å². The number of hydrogen-bond acceptors (Lipinski definition) is 4. The summed E-state index contributed by atoms with van der Waals surface area (Å²) in [6.07, 6.45) is 0.968. The molecule has 2 aliphatic heterocycles. The smallest absolute Gasteiger partial charge is 0.253 e. The number of nitrogens with zero attached hydrogens (tertiary/aromatic N) is 2. The number of thioether (sulfide) groups is 1. The molecular formula is C21H23N3O2S. The minimum Gasteiger partial charge on any atom is -0.337 e. The predicted octanol–water partition coefficient (Wildman–Crippen LogP) is 3.08. The summed E-state index contributed by atoms with van der Waals surface area (Å²) in [4.78, 5) is 29.9. The minimum atomic E-state index is -0.0107. The van der Waals surface area contributed by atoms with E-state index in [9.17, 15) is 9.59 Å². The van der Waals surface area contributed by atoms with Crippen LogP contribution in [0.2, 0.25) is 0 Å². The van der Waals surface area contributed by atoms with Crippen LogP contribution in [0.3, 0.4) is 0 Å². The highest BCUT2D eigenvalue weighted by atomic mass is 32.2. The number of hydrogen-bond donors (Lipinski definition) is 1. The third-order valence-corrected chi connectivity index (χ3v) is 6.06. The Bertz CT molecular complexity index is 841. The Morgan fingerprint density at radius 3 is 2.74 bits per heavy atom. The Morgan fingerprint density at radius 1 is 1.04 bits per heavy atom. The molecule has 1 fully saturated rings. The van der Waals surface area contributed by atoms with Crippen molar-refractivity contribution in [3.8, 4) is 0 Å². The topological polar surface area (TPSA) is 52.7 Å². The molecule has 0 aromatic heterocycles. The van der Waals surface area contributed by atoms with Crippen molar-refractivity contribution in [2.24, 2.45) is 0 Å². The molecule has 5 nitrogen and oxygen atoms in total. The first-order chi connectivity index (χ1) is 13.2. The van der Waals surface area contributed by atoms with Gasteiger partial charge in [0.25, 0.3) is 5.91 Å². The zero-order valence-electron chi connectivity index (χ0n) is 15.2. The first-order valence-corrected chi connectivity index (χ1v) is 10.3. The second kappa shape index (κ2) is 8.15. The Morgan fingerprint density at radius 2 is 1.89 bits per heavy atom. The van der Waals surface area contributed by atoms with Crippen LogP contribution in [0.5, 0.6) is 0 Å². The highest BCUT2D eigenvalue weighted by Crippen LogP contribution is 2.32. The van der Waals surface area contributed by atoms with Gasteiger partial charge in [0.15, 0.2) is 0 Å². The molecule has 0 atom stereocenters. The lowest BCUT2D eigenvalue weighted by molar-refractivity contribution is -0.113. The molecule has 27 heavy (non-hydrogen) atoms. The van der Waals surface area contributed by atoms with Gasteiger partial charge in [-0.1, -0.05) is 30.3 Å². The number of amides is 2. The van der Waals surface area contributed by atoms with Crippen molar-refractivity contribution in [2.75, 3.05) is 37.2 Å². The molecule has 2 aromatic carbocycles. The van der Waals surface area contributed by atoms with Crippen LogP contribution in [0, 0.1) is 0 Å². The lowest BCUT2D eigenvalue weighted by Crippen LogP contribution is -2.35. The van der Waals surface area contributed by atoms with Gasteiger partial charge in [-0.3, -0.25) is 14.5 Å². The van der Waals surface area contributed by atoms with Crippen molar-refractivity contribution in [3.05, 3.63) is 59.7 Å². The van der Waals surface area contributed by atoms with Gasteiger partial charge in [0.2, 0.25) is 5.91 Å². The van der Waals surface area contributed by atoms with E-state index in [-0.39, 0.29) is 11.8 Å². The second-order valence-corrected chi connectivity index (χ2v) is 7.97. The van der Waals surface area contributed by atoms with E-state index >= 15 is 0 Å². The maximum absolute atomic E-state index is 13.0. The summed E-state index contributed by atoms with van der Waals surface area (Å²) < 4.78 is 0. The molecule has 1 N–H and O–H groups in total. The van der Waals surface area contributed by atoms with Crippen LogP contribution in [-0.2, 0) is 11.3 Å². The van der Waals surface area contributed by atoms with Crippen LogP contribution in [-0.4, -0.2) is 53.5 Å². The Labute approximate surface area is 163 Å². The normalized spacial score (nSPS) is 17.8. The number of fused-ring (bicyclic) bond motifs is 1. The summed E-state index contributed by atoms with van der Waals surface area (Å²) >= 11 is 1.51. The second-order valence-electron chi connectivity index (χ2n) is 6.96. The maximum atomic E-state index is 13.0. The summed E-state index contributed by atoms with van der Waals surface area (Å²) in [5, 5.41) is 2.87. The van der Waals surface area contributed by atoms with Gasteiger partial charge in [-0.2, -0.15) is 0 Å². The van der Waals surface area contributed by atoms with Gasteiger partial charge in [-0.15, -0.1) is 11.8 Å². The molecule has 0 saturated carbocycles. The quantitative estimate of drug-likeness (QED) is 0.888. The standard InChI is InChI=1S/C21H23N3O2S/c25-20-15-27-19-8-7-17(13-18(19)22-20)21(26)24-10-4-9-23(11-12-24)14-16-5-2-1-3-6-16/h1-3,5-8,13H,4,9-12,14-15H2,(H,22,25). The van der Waals surface area contributed by atoms with E-state index in [1.165, 1.54) is 17.3 Å². The Kier molecular flexibility index (Phi) is 5.45. The fourth-order valence-corrected chi connectivity index (χ4v) is 4.36. The molecule has 0 spiro atoms. The van der Waals surface area contributed by atoms with Crippen molar-refractivity contribution >= 4 is 29.3 Å². The average molecular weight is 382 g/mol. The van der Waals surface area contributed by atoms with Crippen LogP contribution in [0.15, 0.2) is 53.4 Å². The number of carbonyl (C=O) groups is 2. The van der Waals surface area contributed by atoms with Gasteiger partial charge < -0.3 is 10.2 Å². The summed E-state index contributed by atoms with van der Waals surface area (Å²) in [5.41, 5.74) is 2.70. The molecule has 2 heterocycles. The van der Waals surface area contributed by atoms with E-state index in [4.69, 9.17) is 0 Å². The first kappa shape index (κ1) is 18.1. The summed E-state index contributed by atoms with van der Waals surface area (Å²) in [7, 11) is 0. The highest BCUT2D eigenvalue weighted by Gasteiger charge is 2.22. The number of nitrogens with one attached hydrogen (secondary N) is 1. The zero-order valence-corrected chi connectivity index (χ0v) is 16.0. The Balaban J connectivity index is 1.41. The van der Waals surface area contributed by atoms with Gasteiger partial charge >= 0.3 is 0 Å². The fourth-order valence-electron chi connectivity index (χ4n) is 3.57. The van der Waals surface area contributed by atoms with Crippen molar-refractivity contribution in [1.29, 1.82) is 0 Å². The monoisotopic (exact) mass is 381 g/mol. The molecule has 0 bridgehead atoms. The van der Waals surface area contributed by atoms with Gasteiger partial charge in [0, 0.05) is 43.2 Å². The molecule has 0 unspecified atom stereocenters. The van der Waals surface area contributed by atoms with Gasteiger partial charge in [-0.05, 0) is 30.2 Å². The fraction of sp³-hybridized carbons (Fsp3) is 0.333. The third kappa shape index (κ3) is 4.34. The van der Waals surface area contributed by atoms with Crippen LogP contribution < -0.4 is 5.32 Å². The average Bonchev–Trinajstić information content (AvgIpc) is 2.93. The van der Waals surface area contributed by atoms with E-state index in [2.05, 4.69) is 34.5 Å². The summed E-state index contributed by atoms with van der Waals surface area (Å²) in [6.45, 7) is 4.28. The molecule has 1 saturated heterocycles. The zero-order chi connectivity index (χ0) is 18.6. The number of rotatable bonds is 3. The molecule has 0 radical (unpaired) electrons. The van der Waals surface area contributed by atoms with E-state index < -0.39 is 0 Å². The number of benzene rings is 2. The predicted molar refractivity (Wildman–Crippen MR) is 108 cm³/mol. The molecule has 4 rings (SSSR count). The first-order valence-electron chi connectivity index (χ1n) is 9.31. The molecule has 2 amide bonds. The molecular weight excluding hydrogens is 358 g/mol. The third-order valence-electron chi connectivity index (χ3n) is 4.98. The van der Waals surface area contributed by atoms with Crippen LogP contribution in [0.1, 0.15) is 22.3 Å². The SMILES string of the molecule is O=C1CSc2ccc(C(=O)N3CCCN(Cc4ccccc4)CC3)cc2N1. The molecule has 0 aliphatic carbocycles. The summed E-state index contributed by atoms with van der Waals surface area (Å²) in [5.74, 6) is 0.469. The van der Waals surface area contributed by atoms with E-state index in [0.29, 0.717) is 11.3 Å². The van der Waals surface area contributed by atoms with Gasteiger partial charge in [-0.25, -0.2) is 0 Å². The molecule has 2 aliphatic rings. The maximum Gasteiger partial charge on any atom is 0.253 e. The minimum absolute atomic E-state index is 0.0107. The van der Waals surface area contributed by atoms with E-state index in [1.54, 1.807) is 0 Å². The highest BCUT2D eigenvalue weighted by molar-refractivity contribution is 8.00. The van der Waals surface area contributed by atoms with Crippen molar-refractivity contribution in [3.63, 3.8) is 0 Å². The molecule has 6 heteroatoms. The Hall–Kier alpha value is -2.31. The molecule has 140 valence electrons.